The highest BCUT2D eigenvalue weighted by Gasteiger charge is 2.54. The fourth-order valence-corrected chi connectivity index (χ4v) is 12.6. The third kappa shape index (κ3) is 23.7. The lowest BCUT2D eigenvalue weighted by atomic mass is 9.96. The molecule has 19 atom stereocenters. The number of nitrogens with one attached hydrogen (secondary N) is 9. The van der Waals surface area contributed by atoms with E-state index in [0.717, 1.165) is 31.9 Å². The van der Waals surface area contributed by atoms with Crippen molar-refractivity contribution in [3.63, 3.8) is 0 Å². The zero-order chi connectivity index (χ0) is 78.3. The molecular formula is C63H92N20O22S2. The van der Waals surface area contributed by atoms with Crippen LogP contribution in [0.3, 0.4) is 0 Å². The summed E-state index contributed by atoms with van der Waals surface area (Å²) in [6.45, 7) is 4.89. The first-order valence-electron chi connectivity index (χ1n) is 33.8. The quantitative estimate of drug-likeness (QED) is 0.0162. The SMILES string of the molecule is Cc1c(N)nc([C@H](CC(N)=O)NCC(N)C(N)=O)nc1C(=O)N[C@H](C(=O)NC(C)C(O)[C@H](C)C(=O)N[C@H](C(=O)NCCc1nc(-c2nc(C(=O)NCCCNCCCCNC(=O)c3ccccn3)cs2)cs1)[C@@H](C)O)[C@@H](O[C@@H]1O[C@@H](CO)[C@@H](O)[C@@H](O)[C@@H]1O[C@H]1O[C@H](CO)[C@@H](O)[C@H](OC(N)=O)[C@@H]1O)c1cnc[nH]1. The van der Waals surface area contributed by atoms with E-state index in [2.05, 4.69) is 77.4 Å². The lowest BCUT2D eigenvalue weighted by Gasteiger charge is -2.47. The monoisotopic (exact) mass is 1540 g/mol. The fraction of sp³-hybridized carbons (Fsp3) is 0.571. The molecule has 0 aliphatic carbocycles. The molecular weight excluding hydrogens is 1450 g/mol. The van der Waals surface area contributed by atoms with Crippen LogP contribution in [0.15, 0.2) is 47.7 Å². The van der Waals surface area contributed by atoms with Gasteiger partial charge in [-0.15, -0.1) is 22.7 Å². The number of aliphatic hydroxyl groups is 8. The molecule has 3 unspecified atom stereocenters. The minimum atomic E-state index is -2.21. The Labute approximate surface area is 618 Å². The van der Waals surface area contributed by atoms with Gasteiger partial charge < -0.3 is 141 Å². The zero-order valence-corrected chi connectivity index (χ0v) is 60.1. The van der Waals surface area contributed by atoms with Gasteiger partial charge >= 0.3 is 6.09 Å². The van der Waals surface area contributed by atoms with Crippen molar-refractivity contribution in [2.45, 2.75) is 170 Å². The zero-order valence-electron chi connectivity index (χ0n) is 58.5. The third-order valence-electron chi connectivity index (χ3n) is 17.0. The number of hydrogen-bond donors (Lipinski definition) is 22. The molecule has 0 saturated carbocycles. The lowest BCUT2D eigenvalue weighted by molar-refractivity contribution is -0.372. The molecule has 44 heteroatoms. The van der Waals surface area contributed by atoms with Crippen LogP contribution >= 0.6 is 22.7 Å². The van der Waals surface area contributed by atoms with Gasteiger partial charge in [0.15, 0.2) is 18.7 Å². The average molecular weight is 1550 g/mol. The van der Waals surface area contributed by atoms with Gasteiger partial charge in [0.1, 0.15) is 100 Å². The number of nitrogen functional groups attached to an aromatic ring is 1. The van der Waals surface area contributed by atoms with Crippen LogP contribution in [0.5, 0.6) is 0 Å². The van der Waals surface area contributed by atoms with Crippen molar-refractivity contribution in [1.29, 1.82) is 0 Å². The number of rotatable bonds is 41. The highest BCUT2D eigenvalue weighted by Crippen LogP contribution is 2.35. The number of aromatic amines is 1. The van der Waals surface area contributed by atoms with Crippen molar-refractivity contribution in [1.82, 2.24) is 77.4 Å². The van der Waals surface area contributed by atoms with Crippen LogP contribution in [-0.2, 0) is 54.1 Å². The van der Waals surface area contributed by atoms with Gasteiger partial charge in [-0.3, -0.25) is 43.3 Å². The topological polar surface area (TPSA) is 681 Å². The van der Waals surface area contributed by atoms with Crippen LogP contribution in [0, 0.1) is 12.8 Å². The number of aromatic nitrogens is 7. The minimum absolute atomic E-state index is 0.0300. The summed E-state index contributed by atoms with van der Waals surface area (Å²) < 4.78 is 28.8. The van der Waals surface area contributed by atoms with Crippen LogP contribution in [0.1, 0.15) is 112 Å². The van der Waals surface area contributed by atoms with Crippen LogP contribution in [-0.4, -0.2) is 279 Å². The number of thiazole rings is 2. The van der Waals surface area contributed by atoms with Gasteiger partial charge in [0.2, 0.25) is 29.5 Å². The molecule has 2 saturated heterocycles. The molecule has 588 valence electrons. The van der Waals surface area contributed by atoms with Crippen LogP contribution in [0.4, 0.5) is 10.6 Å². The van der Waals surface area contributed by atoms with E-state index in [1.165, 1.54) is 50.4 Å². The van der Waals surface area contributed by atoms with Crippen molar-refractivity contribution in [2.24, 2.45) is 28.9 Å². The van der Waals surface area contributed by atoms with E-state index in [-0.39, 0.29) is 59.9 Å². The Morgan fingerprint density at radius 1 is 0.710 bits per heavy atom. The standard InChI is InChI=1S/C63H92N20O22S2/c1-26-40(80-53(83-51(26)66)32(18-38(65)87)75-19-30(64)52(67)93)58(98)82-42(48(33-20-70-25-76-33)103-62-50(46(91)44(89)36(21-84)102-62)104-61-47(92)49(105-63(68)100)45(90)37(22-85)101-61)59(99)77-28(3)43(88)27(2)54(94)81-41(29(4)86)57(97)74-17-11-39-78-35(24-106-39)60-79-34(23-107-60)56(96)73-16-9-13-69-12-7-8-15-72-55(95)31-10-5-6-14-71-31/h5-6,10,14,20,23-25,27-30,32,36-37,41-50,61-62,69,75,84-86,88-92H,7-9,11-13,15-19,21-22,64H2,1-4H3,(H2,65,87)(H2,67,93)(H2,68,100)(H,70,76)(H,72,95)(H,73,96)(H,74,97)(H,77,99)(H,81,94)(H,82,98)(H2,66,80,83)/t27-,28?,29+,30?,32-,36-,37+,41-,42-,43?,44+,45+,46+,47-,48-,49-,50-,61+,62-/m0/s1. The summed E-state index contributed by atoms with van der Waals surface area (Å²) >= 11 is 2.47. The summed E-state index contributed by atoms with van der Waals surface area (Å²) in [4.78, 5) is 147. The van der Waals surface area contributed by atoms with Crippen LogP contribution in [0.25, 0.3) is 10.7 Å². The largest absolute Gasteiger partial charge is 0.441 e. The van der Waals surface area contributed by atoms with Gasteiger partial charge in [-0.05, 0) is 65.3 Å². The molecule has 5 aromatic rings. The maximum Gasteiger partial charge on any atom is 0.404 e. The number of pyridine rings is 1. The lowest BCUT2D eigenvalue weighted by Crippen LogP contribution is -2.65. The number of amides is 9. The number of H-pyrrole nitrogens is 1. The van der Waals surface area contributed by atoms with E-state index in [1.54, 1.807) is 35.2 Å². The molecule has 5 aromatic heterocycles. The molecule has 107 heavy (non-hydrogen) atoms. The highest BCUT2D eigenvalue weighted by atomic mass is 32.1. The van der Waals surface area contributed by atoms with Gasteiger partial charge in [0.05, 0.1) is 72.7 Å². The summed E-state index contributed by atoms with van der Waals surface area (Å²) in [6, 6.07) is -2.78. The van der Waals surface area contributed by atoms with E-state index >= 15 is 4.79 Å². The van der Waals surface area contributed by atoms with Crippen molar-refractivity contribution in [3.8, 4) is 10.7 Å². The number of hydrogen-bond acceptors (Lipinski definition) is 34. The van der Waals surface area contributed by atoms with E-state index < -0.39 is 183 Å². The molecule has 7 heterocycles. The Kier molecular flexibility index (Phi) is 32.5. The summed E-state index contributed by atoms with van der Waals surface area (Å²) in [5.41, 5.74) is 28.4. The van der Waals surface area contributed by atoms with Gasteiger partial charge in [-0.2, -0.15) is 0 Å². The van der Waals surface area contributed by atoms with Gasteiger partial charge in [0.25, 0.3) is 17.7 Å². The number of unbranched alkanes of at least 4 members (excludes halogenated alkanes) is 1. The Morgan fingerprint density at radius 3 is 2.05 bits per heavy atom. The molecule has 42 nitrogen and oxygen atoms in total. The Hall–Kier alpha value is -9.07. The molecule has 0 spiro atoms. The second-order valence-electron chi connectivity index (χ2n) is 25.1. The second kappa shape index (κ2) is 40.8. The van der Waals surface area contributed by atoms with Crippen molar-refractivity contribution in [2.75, 3.05) is 58.2 Å². The number of primary amides is 3. The first-order valence-corrected chi connectivity index (χ1v) is 35.5. The number of nitrogens with two attached hydrogens (primary N) is 5. The van der Waals surface area contributed by atoms with E-state index in [0.29, 0.717) is 47.5 Å². The number of carbonyl (C=O) groups excluding carboxylic acids is 9. The van der Waals surface area contributed by atoms with E-state index in [4.69, 9.17) is 52.4 Å². The van der Waals surface area contributed by atoms with Crippen molar-refractivity contribution >= 4 is 81.8 Å². The summed E-state index contributed by atoms with van der Waals surface area (Å²) in [6.07, 6.45) is -21.4. The number of ether oxygens (including phenoxy) is 5. The molecule has 7 rings (SSSR count). The number of aliphatic hydroxyl groups excluding tert-OH is 8. The number of carbonyl (C=O) groups is 9. The number of imidazole rings is 1. The molecule has 9 amide bonds. The first-order chi connectivity index (χ1) is 50.9. The molecule has 0 aromatic carbocycles. The fourth-order valence-electron chi connectivity index (χ4n) is 10.9. The number of anilines is 1. The smallest absolute Gasteiger partial charge is 0.404 e. The summed E-state index contributed by atoms with van der Waals surface area (Å²) in [7, 11) is 0. The third-order valence-corrected chi connectivity index (χ3v) is 18.8. The highest BCUT2D eigenvalue weighted by molar-refractivity contribution is 7.14. The minimum Gasteiger partial charge on any atom is -0.441 e. The predicted molar refractivity (Wildman–Crippen MR) is 373 cm³/mol. The summed E-state index contributed by atoms with van der Waals surface area (Å²) in [5, 5.41) is 114. The number of nitrogens with zero attached hydrogens (tertiary/aromatic N) is 6. The van der Waals surface area contributed by atoms with E-state index in [9.17, 15) is 79.2 Å². The Bertz CT molecular complexity index is 3770. The molecule has 2 fully saturated rings. The van der Waals surface area contributed by atoms with Crippen molar-refractivity contribution < 1.29 is 108 Å². The maximum atomic E-state index is 15.2. The van der Waals surface area contributed by atoms with Crippen molar-refractivity contribution in [3.05, 3.63) is 86.9 Å². The second-order valence-corrected chi connectivity index (χ2v) is 26.9. The van der Waals surface area contributed by atoms with Crippen LogP contribution in [0.2, 0.25) is 0 Å². The maximum absolute atomic E-state index is 15.2. The first kappa shape index (κ1) is 85.2. The molecule has 27 N–H and O–H groups in total. The Balaban J connectivity index is 1.03. The predicted octanol–water partition coefficient (Wildman–Crippen LogP) is -7.39. The Morgan fingerprint density at radius 2 is 1.39 bits per heavy atom. The van der Waals surface area contributed by atoms with Gasteiger partial charge in [-0.25, -0.2) is 29.7 Å². The molecule has 0 radical (unpaired) electrons. The average Bonchev–Trinajstić information content (AvgIpc) is 1.63. The molecule has 0 bridgehead atoms. The van der Waals surface area contributed by atoms with Gasteiger partial charge in [0, 0.05) is 61.5 Å². The normalized spacial score (nSPS) is 22.6. The van der Waals surface area contributed by atoms with Crippen LogP contribution < -0.4 is 71.2 Å². The van der Waals surface area contributed by atoms with Gasteiger partial charge in [-0.1, -0.05) is 13.0 Å². The van der Waals surface area contributed by atoms with E-state index in [1.807, 2.05) is 0 Å². The summed E-state index contributed by atoms with van der Waals surface area (Å²) in [5.74, 6) is -9.06. The molecule has 2 aliphatic rings. The molecule has 2 aliphatic heterocycles.